The minimum atomic E-state index is 0.540. The molecular formula is C15H17N5O. The van der Waals surface area contributed by atoms with Gasteiger partial charge < -0.3 is 15.4 Å². The van der Waals surface area contributed by atoms with Gasteiger partial charge in [-0.2, -0.15) is 0 Å². The van der Waals surface area contributed by atoms with Crippen molar-refractivity contribution in [1.82, 2.24) is 14.4 Å². The van der Waals surface area contributed by atoms with Gasteiger partial charge in [0.1, 0.15) is 17.2 Å². The SMILES string of the molecule is COc1cccc(-c2nc3ccc(N(C)C)cn3c2N)n1. The van der Waals surface area contributed by atoms with Crippen LogP contribution in [0.1, 0.15) is 0 Å². The summed E-state index contributed by atoms with van der Waals surface area (Å²) in [4.78, 5) is 11.0. The molecule has 0 aliphatic heterocycles. The van der Waals surface area contributed by atoms with E-state index in [-0.39, 0.29) is 0 Å². The summed E-state index contributed by atoms with van der Waals surface area (Å²) in [6, 6.07) is 9.48. The normalized spacial score (nSPS) is 10.8. The fourth-order valence-electron chi connectivity index (χ4n) is 2.17. The number of pyridine rings is 2. The van der Waals surface area contributed by atoms with Gasteiger partial charge in [-0.15, -0.1) is 0 Å². The number of methoxy groups -OCH3 is 1. The van der Waals surface area contributed by atoms with E-state index in [0.29, 0.717) is 23.1 Å². The summed E-state index contributed by atoms with van der Waals surface area (Å²) in [5, 5.41) is 0. The first-order valence-electron chi connectivity index (χ1n) is 6.56. The molecule has 3 rings (SSSR count). The van der Waals surface area contributed by atoms with Crippen molar-refractivity contribution in [2.24, 2.45) is 0 Å². The van der Waals surface area contributed by atoms with Gasteiger partial charge in [0.25, 0.3) is 0 Å². The van der Waals surface area contributed by atoms with Crippen LogP contribution >= 0.6 is 0 Å². The summed E-state index contributed by atoms with van der Waals surface area (Å²) in [6.45, 7) is 0. The van der Waals surface area contributed by atoms with Gasteiger partial charge in [0.05, 0.1) is 18.5 Å². The highest BCUT2D eigenvalue weighted by Gasteiger charge is 2.13. The van der Waals surface area contributed by atoms with Crippen molar-refractivity contribution in [3.05, 3.63) is 36.5 Å². The summed E-state index contributed by atoms with van der Waals surface area (Å²) in [7, 11) is 5.56. The van der Waals surface area contributed by atoms with Crippen LogP contribution in [-0.4, -0.2) is 35.6 Å². The molecule has 0 atom stereocenters. The molecule has 3 heterocycles. The molecule has 0 unspecified atom stereocenters. The number of imidazole rings is 1. The Morgan fingerprint density at radius 1 is 1.14 bits per heavy atom. The average Bonchev–Trinajstić information content (AvgIpc) is 2.84. The van der Waals surface area contributed by atoms with Crippen molar-refractivity contribution in [1.29, 1.82) is 0 Å². The summed E-state index contributed by atoms with van der Waals surface area (Å²) in [6.07, 6.45) is 1.96. The van der Waals surface area contributed by atoms with Gasteiger partial charge >= 0.3 is 0 Å². The van der Waals surface area contributed by atoms with Gasteiger partial charge in [0, 0.05) is 26.4 Å². The maximum Gasteiger partial charge on any atom is 0.213 e. The van der Waals surface area contributed by atoms with Crippen LogP contribution in [0.4, 0.5) is 11.5 Å². The van der Waals surface area contributed by atoms with Crippen molar-refractivity contribution in [3.63, 3.8) is 0 Å². The molecule has 6 heteroatoms. The van der Waals surface area contributed by atoms with Crippen molar-refractivity contribution in [2.75, 3.05) is 31.8 Å². The molecule has 0 aliphatic carbocycles. The largest absolute Gasteiger partial charge is 0.481 e. The van der Waals surface area contributed by atoms with Crippen LogP contribution < -0.4 is 15.4 Å². The van der Waals surface area contributed by atoms with Gasteiger partial charge in [0.15, 0.2) is 0 Å². The second-order valence-electron chi connectivity index (χ2n) is 4.92. The summed E-state index contributed by atoms with van der Waals surface area (Å²) in [5.41, 5.74) is 9.43. The number of nitrogens with zero attached hydrogens (tertiary/aromatic N) is 4. The zero-order valence-electron chi connectivity index (χ0n) is 12.2. The minimum Gasteiger partial charge on any atom is -0.481 e. The topological polar surface area (TPSA) is 68.7 Å². The molecule has 0 fully saturated rings. The van der Waals surface area contributed by atoms with Crippen LogP contribution in [-0.2, 0) is 0 Å². The molecule has 0 bridgehead atoms. The standard InChI is InChI=1S/C15H17N5O/c1-19(2)10-7-8-12-18-14(15(16)20(12)9-10)11-5-4-6-13(17-11)21-3/h4-9H,16H2,1-3H3. The Hall–Kier alpha value is -2.76. The van der Waals surface area contributed by atoms with Crippen LogP contribution in [0.25, 0.3) is 17.0 Å². The second kappa shape index (κ2) is 4.97. The highest BCUT2D eigenvalue weighted by atomic mass is 16.5. The molecule has 0 aromatic carbocycles. The van der Waals surface area contributed by atoms with Gasteiger partial charge in [0.2, 0.25) is 5.88 Å². The molecule has 0 saturated carbocycles. The number of aromatic nitrogens is 3. The van der Waals surface area contributed by atoms with Crippen LogP contribution in [0.15, 0.2) is 36.5 Å². The fraction of sp³-hybridized carbons (Fsp3) is 0.200. The van der Waals surface area contributed by atoms with E-state index in [1.54, 1.807) is 13.2 Å². The van der Waals surface area contributed by atoms with E-state index in [9.17, 15) is 0 Å². The number of anilines is 2. The van der Waals surface area contributed by atoms with Crippen molar-refractivity contribution >= 4 is 17.2 Å². The van der Waals surface area contributed by atoms with Gasteiger partial charge in [-0.3, -0.25) is 4.40 Å². The predicted molar refractivity (Wildman–Crippen MR) is 83.7 cm³/mol. The van der Waals surface area contributed by atoms with Gasteiger partial charge in [-0.05, 0) is 18.2 Å². The Bertz CT molecular complexity index is 794. The molecule has 3 aromatic heterocycles. The number of nitrogens with two attached hydrogens (primary N) is 1. The van der Waals surface area contributed by atoms with E-state index >= 15 is 0 Å². The molecule has 0 saturated heterocycles. The first-order chi connectivity index (χ1) is 10.1. The highest BCUT2D eigenvalue weighted by molar-refractivity contribution is 5.73. The Balaban J connectivity index is 2.17. The van der Waals surface area contributed by atoms with Crippen LogP contribution in [0.5, 0.6) is 5.88 Å². The zero-order valence-corrected chi connectivity index (χ0v) is 12.2. The summed E-state index contributed by atoms with van der Waals surface area (Å²) < 4.78 is 7.01. The van der Waals surface area contributed by atoms with Crippen molar-refractivity contribution in [3.8, 4) is 17.3 Å². The molecule has 6 nitrogen and oxygen atoms in total. The van der Waals surface area contributed by atoms with E-state index < -0.39 is 0 Å². The Morgan fingerprint density at radius 2 is 1.95 bits per heavy atom. The quantitative estimate of drug-likeness (QED) is 0.796. The first kappa shape index (κ1) is 13.2. The smallest absolute Gasteiger partial charge is 0.213 e. The number of ether oxygens (including phenoxy) is 1. The van der Waals surface area contributed by atoms with Gasteiger partial charge in [-0.1, -0.05) is 6.07 Å². The third-order valence-corrected chi connectivity index (χ3v) is 3.33. The van der Waals surface area contributed by atoms with E-state index in [1.807, 2.05) is 53.9 Å². The molecule has 3 aromatic rings. The van der Waals surface area contributed by atoms with E-state index in [2.05, 4.69) is 9.97 Å². The number of hydrogen-bond acceptors (Lipinski definition) is 5. The molecule has 2 N–H and O–H groups in total. The van der Waals surface area contributed by atoms with E-state index in [0.717, 1.165) is 11.3 Å². The lowest BCUT2D eigenvalue weighted by Crippen LogP contribution is -2.09. The summed E-state index contributed by atoms with van der Waals surface area (Å²) in [5.74, 6) is 1.10. The maximum absolute atomic E-state index is 6.23. The Kier molecular flexibility index (Phi) is 3.13. The third kappa shape index (κ3) is 2.24. The Morgan fingerprint density at radius 3 is 2.67 bits per heavy atom. The Labute approximate surface area is 122 Å². The molecule has 108 valence electrons. The molecular weight excluding hydrogens is 266 g/mol. The monoisotopic (exact) mass is 283 g/mol. The first-order valence-corrected chi connectivity index (χ1v) is 6.56. The van der Waals surface area contributed by atoms with Crippen molar-refractivity contribution < 1.29 is 4.74 Å². The van der Waals surface area contributed by atoms with E-state index in [1.165, 1.54) is 0 Å². The second-order valence-corrected chi connectivity index (χ2v) is 4.92. The number of fused-ring (bicyclic) bond motifs is 1. The van der Waals surface area contributed by atoms with Crippen LogP contribution in [0, 0.1) is 0 Å². The molecule has 0 amide bonds. The number of rotatable bonds is 3. The van der Waals surface area contributed by atoms with Crippen molar-refractivity contribution in [2.45, 2.75) is 0 Å². The van der Waals surface area contributed by atoms with Gasteiger partial charge in [-0.25, -0.2) is 9.97 Å². The fourth-order valence-corrected chi connectivity index (χ4v) is 2.17. The molecule has 21 heavy (non-hydrogen) atoms. The molecule has 0 aliphatic rings. The van der Waals surface area contributed by atoms with Crippen LogP contribution in [0.2, 0.25) is 0 Å². The lowest BCUT2D eigenvalue weighted by Gasteiger charge is -2.12. The third-order valence-electron chi connectivity index (χ3n) is 3.33. The average molecular weight is 283 g/mol. The maximum atomic E-state index is 6.23. The highest BCUT2D eigenvalue weighted by Crippen LogP contribution is 2.27. The lowest BCUT2D eigenvalue weighted by atomic mass is 10.3. The molecule has 0 spiro atoms. The predicted octanol–water partition coefficient (Wildman–Crippen LogP) is 2.05. The van der Waals surface area contributed by atoms with E-state index in [4.69, 9.17) is 10.5 Å². The zero-order chi connectivity index (χ0) is 15.0. The minimum absolute atomic E-state index is 0.540. The lowest BCUT2D eigenvalue weighted by molar-refractivity contribution is 0.398. The number of hydrogen-bond donors (Lipinski definition) is 1. The molecule has 0 radical (unpaired) electrons. The number of nitrogen functional groups attached to an aromatic ring is 1. The van der Waals surface area contributed by atoms with Crippen LogP contribution in [0.3, 0.4) is 0 Å². The summed E-state index contributed by atoms with van der Waals surface area (Å²) >= 11 is 0.